The van der Waals surface area contributed by atoms with Crippen LogP contribution in [-0.4, -0.2) is 25.0 Å². The molecule has 2 rings (SSSR count). The SMILES string of the molecule is Cc1ccc(C(=O)NC2CCCNC2)c(C)c1. The van der Waals surface area contributed by atoms with Gasteiger partial charge in [0.1, 0.15) is 0 Å². The summed E-state index contributed by atoms with van der Waals surface area (Å²) in [5.74, 6) is 0.0520. The molecule has 1 aromatic rings. The van der Waals surface area contributed by atoms with E-state index in [1.54, 1.807) is 0 Å². The monoisotopic (exact) mass is 232 g/mol. The third-order valence-corrected chi connectivity index (χ3v) is 3.26. The second-order valence-corrected chi connectivity index (χ2v) is 4.84. The third kappa shape index (κ3) is 3.07. The Morgan fingerprint density at radius 3 is 2.88 bits per heavy atom. The predicted octanol–water partition coefficient (Wildman–Crippen LogP) is 1.79. The van der Waals surface area contributed by atoms with Crippen LogP contribution in [0.5, 0.6) is 0 Å². The number of amides is 1. The lowest BCUT2D eigenvalue weighted by molar-refractivity contribution is 0.0930. The zero-order valence-electron chi connectivity index (χ0n) is 10.5. The lowest BCUT2D eigenvalue weighted by Gasteiger charge is -2.24. The molecule has 1 aliphatic heterocycles. The molecule has 17 heavy (non-hydrogen) atoms. The summed E-state index contributed by atoms with van der Waals surface area (Å²) in [5, 5.41) is 6.39. The predicted molar refractivity (Wildman–Crippen MR) is 69.3 cm³/mol. The van der Waals surface area contributed by atoms with Gasteiger partial charge in [0.15, 0.2) is 0 Å². The smallest absolute Gasteiger partial charge is 0.251 e. The summed E-state index contributed by atoms with van der Waals surface area (Å²) < 4.78 is 0. The number of hydrogen-bond donors (Lipinski definition) is 2. The lowest BCUT2D eigenvalue weighted by Crippen LogP contribution is -2.45. The highest BCUT2D eigenvalue weighted by Gasteiger charge is 2.17. The second-order valence-electron chi connectivity index (χ2n) is 4.84. The second kappa shape index (κ2) is 5.32. The van der Waals surface area contributed by atoms with E-state index in [2.05, 4.69) is 10.6 Å². The summed E-state index contributed by atoms with van der Waals surface area (Å²) in [4.78, 5) is 12.1. The summed E-state index contributed by atoms with van der Waals surface area (Å²) in [7, 11) is 0. The molecule has 3 nitrogen and oxygen atoms in total. The molecule has 1 heterocycles. The van der Waals surface area contributed by atoms with Crippen LogP contribution in [-0.2, 0) is 0 Å². The van der Waals surface area contributed by atoms with Gasteiger partial charge >= 0.3 is 0 Å². The quantitative estimate of drug-likeness (QED) is 0.816. The van der Waals surface area contributed by atoms with E-state index in [4.69, 9.17) is 0 Å². The van der Waals surface area contributed by atoms with E-state index < -0.39 is 0 Å². The number of benzene rings is 1. The van der Waals surface area contributed by atoms with Crippen LogP contribution in [0.15, 0.2) is 18.2 Å². The Labute approximate surface area is 103 Å². The Hall–Kier alpha value is -1.35. The first-order valence-electron chi connectivity index (χ1n) is 6.25. The molecule has 1 atom stereocenters. The molecule has 0 aromatic heterocycles. The highest BCUT2D eigenvalue weighted by Crippen LogP contribution is 2.11. The Balaban J connectivity index is 2.03. The first kappa shape index (κ1) is 12.1. The fraction of sp³-hybridized carbons (Fsp3) is 0.500. The van der Waals surface area contributed by atoms with E-state index in [9.17, 15) is 4.79 Å². The molecule has 0 bridgehead atoms. The Kier molecular flexibility index (Phi) is 3.79. The molecule has 0 aliphatic carbocycles. The van der Waals surface area contributed by atoms with Crippen molar-refractivity contribution in [3.05, 3.63) is 34.9 Å². The van der Waals surface area contributed by atoms with Crippen LogP contribution < -0.4 is 10.6 Å². The fourth-order valence-corrected chi connectivity index (χ4v) is 2.31. The zero-order chi connectivity index (χ0) is 12.3. The number of rotatable bonds is 2. The maximum absolute atomic E-state index is 12.1. The molecule has 1 amide bonds. The summed E-state index contributed by atoms with van der Waals surface area (Å²) in [5.41, 5.74) is 3.03. The van der Waals surface area contributed by atoms with E-state index in [0.29, 0.717) is 0 Å². The van der Waals surface area contributed by atoms with E-state index in [-0.39, 0.29) is 11.9 Å². The van der Waals surface area contributed by atoms with Crippen molar-refractivity contribution in [2.45, 2.75) is 32.7 Å². The van der Waals surface area contributed by atoms with E-state index >= 15 is 0 Å². The van der Waals surface area contributed by atoms with E-state index in [1.165, 1.54) is 5.56 Å². The summed E-state index contributed by atoms with van der Waals surface area (Å²) in [6.07, 6.45) is 2.21. The number of aryl methyl sites for hydroxylation is 2. The number of carbonyl (C=O) groups is 1. The molecule has 0 saturated carbocycles. The van der Waals surface area contributed by atoms with Crippen LogP contribution in [0.4, 0.5) is 0 Å². The van der Waals surface area contributed by atoms with Gasteiger partial charge in [-0.05, 0) is 44.9 Å². The summed E-state index contributed by atoms with van der Waals surface area (Å²) >= 11 is 0. The maximum atomic E-state index is 12.1. The van der Waals surface area contributed by atoms with Gasteiger partial charge in [0.2, 0.25) is 0 Å². The van der Waals surface area contributed by atoms with Gasteiger partial charge in [-0.1, -0.05) is 17.7 Å². The molecule has 1 aromatic carbocycles. The van der Waals surface area contributed by atoms with Gasteiger partial charge in [0, 0.05) is 18.2 Å². The molecule has 92 valence electrons. The highest BCUT2D eigenvalue weighted by atomic mass is 16.1. The van der Waals surface area contributed by atoms with Crippen LogP contribution in [0.1, 0.15) is 34.3 Å². The number of nitrogens with one attached hydrogen (secondary N) is 2. The number of hydrogen-bond acceptors (Lipinski definition) is 2. The van der Waals surface area contributed by atoms with Crippen molar-refractivity contribution in [2.24, 2.45) is 0 Å². The van der Waals surface area contributed by atoms with Crippen LogP contribution in [0.25, 0.3) is 0 Å². The summed E-state index contributed by atoms with van der Waals surface area (Å²) in [6.45, 7) is 5.98. The number of piperidine rings is 1. The lowest BCUT2D eigenvalue weighted by atomic mass is 10.0. The largest absolute Gasteiger partial charge is 0.348 e. The summed E-state index contributed by atoms with van der Waals surface area (Å²) in [6, 6.07) is 6.22. The molecular formula is C14H20N2O. The van der Waals surface area contributed by atoms with Crippen LogP contribution in [0, 0.1) is 13.8 Å². The van der Waals surface area contributed by atoms with Crippen molar-refractivity contribution in [3.63, 3.8) is 0 Å². The number of carbonyl (C=O) groups excluding carboxylic acids is 1. The molecule has 0 spiro atoms. The third-order valence-electron chi connectivity index (χ3n) is 3.26. The van der Waals surface area contributed by atoms with Crippen molar-refractivity contribution >= 4 is 5.91 Å². The molecule has 1 fully saturated rings. The van der Waals surface area contributed by atoms with Gasteiger partial charge in [0.05, 0.1) is 0 Å². The van der Waals surface area contributed by atoms with Gasteiger partial charge in [-0.15, -0.1) is 0 Å². The minimum Gasteiger partial charge on any atom is -0.348 e. The van der Waals surface area contributed by atoms with Crippen molar-refractivity contribution in [2.75, 3.05) is 13.1 Å². The average molecular weight is 232 g/mol. The van der Waals surface area contributed by atoms with Crippen molar-refractivity contribution in [1.29, 1.82) is 0 Å². The first-order valence-corrected chi connectivity index (χ1v) is 6.25. The fourth-order valence-electron chi connectivity index (χ4n) is 2.31. The van der Waals surface area contributed by atoms with Gasteiger partial charge in [0.25, 0.3) is 5.91 Å². The van der Waals surface area contributed by atoms with Gasteiger partial charge in [-0.2, -0.15) is 0 Å². The van der Waals surface area contributed by atoms with E-state index in [1.807, 2.05) is 32.0 Å². The minimum absolute atomic E-state index is 0.0520. The van der Waals surface area contributed by atoms with Gasteiger partial charge < -0.3 is 10.6 Å². The first-order chi connectivity index (χ1) is 8.16. The highest BCUT2D eigenvalue weighted by molar-refractivity contribution is 5.95. The Morgan fingerprint density at radius 1 is 1.41 bits per heavy atom. The van der Waals surface area contributed by atoms with Crippen LogP contribution in [0.2, 0.25) is 0 Å². The Bertz CT molecular complexity index is 409. The normalized spacial score (nSPS) is 20.0. The average Bonchev–Trinajstić information content (AvgIpc) is 2.30. The zero-order valence-corrected chi connectivity index (χ0v) is 10.5. The molecule has 1 unspecified atom stereocenters. The van der Waals surface area contributed by atoms with Gasteiger partial charge in [-0.3, -0.25) is 4.79 Å². The van der Waals surface area contributed by atoms with Crippen molar-refractivity contribution in [3.8, 4) is 0 Å². The van der Waals surface area contributed by atoms with Crippen molar-refractivity contribution < 1.29 is 4.79 Å². The molecule has 3 heteroatoms. The molecule has 2 N–H and O–H groups in total. The van der Waals surface area contributed by atoms with Crippen LogP contribution in [0.3, 0.4) is 0 Å². The Morgan fingerprint density at radius 2 is 2.24 bits per heavy atom. The standard InChI is InChI=1S/C14H20N2O/c1-10-5-6-13(11(2)8-10)14(17)16-12-4-3-7-15-9-12/h5-6,8,12,15H,3-4,7,9H2,1-2H3,(H,16,17). The van der Waals surface area contributed by atoms with Crippen LogP contribution >= 0.6 is 0 Å². The molecule has 0 radical (unpaired) electrons. The van der Waals surface area contributed by atoms with E-state index in [0.717, 1.165) is 37.1 Å². The minimum atomic E-state index is 0.0520. The van der Waals surface area contributed by atoms with Gasteiger partial charge in [-0.25, -0.2) is 0 Å². The maximum Gasteiger partial charge on any atom is 0.251 e. The molecule has 1 aliphatic rings. The van der Waals surface area contributed by atoms with Crippen molar-refractivity contribution in [1.82, 2.24) is 10.6 Å². The topological polar surface area (TPSA) is 41.1 Å². The molecule has 1 saturated heterocycles. The molecular weight excluding hydrogens is 212 g/mol.